The van der Waals surface area contributed by atoms with Crippen LogP contribution in [0.5, 0.6) is 17.2 Å². The summed E-state index contributed by atoms with van der Waals surface area (Å²) in [5.74, 6) is 1.00. The normalized spacial score (nSPS) is 10.6. The molecule has 0 fully saturated rings. The van der Waals surface area contributed by atoms with Gasteiger partial charge in [-0.3, -0.25) is 4.79 Å². The molecule has 184 valence electrons. The van der Waals surface area contributed by atoms with Crippen molar-refractivity contribution in [1.29, 1.82) is 0 Å². The molecule has 0 spiro atoms. The molecule has 0 radical (unpaired) electrons. The van der Waals surface area contributed by atoms with Crippen LogP contribution in [0.3, 0.4) is 0 Å². The van der Waals surface area contributed by atoms with E-state index in [2.05, 4.69) is 10.6 Å². The van der Waals surface area contributed by atoms with Crippen LogP contribution in [0, 0.1) is 6.92 Å². The van der Waals surface area contributed by atoms with Crippen LogP contribution in [-0.4, -0.2) is 33.3 Å². The molecular formula is C27H24N2O7. The molecule has 0 aliphatic heterocycles. The van der Waals surface area contributed by atoms with Crippen LogP contribution in [0.2, 0.25) is 0 Å². The summed E-state index contributed by atoms with van der Waals surface area (Å²) in [7, 11) is 4.56. The average Bonchev–Trinajstić information content (AvgIpc) is 2.90. The maximum Gasteiger partial charge on any atom is 0.412 e. The van der Waals surface area contributed by atoms with Crippen LogP contribution in [0.15, 0.2) is 69.9 Å². The van der Waals surface area contributed by atoms with Crippen LogP contribution < -0.4 is 30.5 Å². The van der Waals surface area contributed by atoms with E-state index in [-0.39, 0.29) is 17.0 Å². The number of methoxy groups -OCH3 is 2. The number of rotatable bonds is 6. The van der Waals surface area contributed by atoms with Crippen molar-refractivity contribution in [2.24, 2.45) is 0 Å². The van der Waals surface area contributed by atoms with Gasteiger partial charge in [0.05, 0.1) is 14.2 Å². The average molecular weight is 488 g/mol. The molecule has 4 rings (SSSR count). The van der Waals surface area contributed by atoms with Gasteiger partial charge in [0, 0.05) is 29.1 Å². The standard InChI is InChI=1S/C27H24N2O7/c1-15-22(35-27(32)28-2)10-8-17-14-21(26(31)36-24(15)17)29-25(30)18-9-11-23(34-4)20(13-18)16-6-5-7-19(12-16)33-3/h5-14H,1-4H3,(H,28,32)(H,29,30). The Morgan fingerprint density at radius 3 is 2.42 bits per heavy atom. The smallest absolute Gasteiger partial charge is 0.412 e. The summed E-state index contributed by atoms with van der Waals surface area (Å²) < 4.78 is 21.4. The van der Waals surface area contributed by atoms with Crippen LogP contribution in [0.1, 0.15) is 15.9 Å². The summed E-state index contributed by atoms with van der Waals surface area (Å²) in [4.78, 5) is 37.3. The molecule has 9 heteroatoms. The lowest BCUT2D eigenvalue weighted by Crippen LogP contribution is -2.22. The molecule has 0 aliphatic carbocycles. The molecule has 0 aliphatic rings. The number of benzene rings is 3. The lowest BCUT2D eigenvalue weighted by Gasteiger charge is -2.13. The van der Waals surface area contributed by atoms with E-state index in [1.54, 1.807) is 51.5 Å². The third-order valence-corrected chi connectivity index (χ3v) is 5.60. The number of hydrogen-bond acceptors (Lipinski definition) is 7. The first-order valence-electron chi connectivity index (χ1n) is 11.0. The highest BCUT2D eigenvalue weighted by Gasteiger charge is 2.17. The molecule has 9 nitrogen and oxygen atoms in total. The summed E-state index contributed by atoms with van der Waals surface area (Å²) in [5.41, 5.74) is 1.78. The molecule has 2 amide bonds. The number of amides is 2. The van der Waals surface area contributed by atoms with Crippen molar-refractivity contribution in [2.75, 3.05) is 26.6 Å². The summed E-state index contributed by atoms with van der Waals surface area (Å²) in [5, 5.41) is 5.54. The quantitative estimate of drug-likeness (QED) is 0.376. The van der Waals surface area contributed by atoms with Gasteiger partial charge in [-0.1, -0.05) is 12.1 Å². The Morgan fingerprint density at radius 2 is 1.69 bits per heavy atom. The minimum absolute atomic E-state index is 0.0226. The zero-order valence-electron chi connectivity index (χ0n) is 20.1. The summed E-state index contributed by atoms with van der Waals surface area (Å²) >= 11 is 0. The first-order chi connectivity index (χ1) is 17.3. The Balaban J connectivity index is 1.66. The van der Waals surface area contributed by atoms with Gasteiger partial charge >= 0.3 is 11.7 Å². The number of fused-ring (bicyclic) bond motifs is 1. The zero-order chi connectivity index (χ0) is 25.8. The lowest BCUT2D eigenvalue weighted by atomic mass is 10.0. The Morgan fingerprint density at radius 1 is 0.917 bits per heavy atom. The Kier molecular flexibility index (Phi) is 6.91. The number of ether oxygens (including phenoxy) is 3. The Labute approximate surface area is 206 Å². The molecular weight excluding hydrogens is 464 g/mol. The van der Waals surface area contributed by atoms with E-state index in [1.165, 1.54) is 13.1 Å². The van der Waals surface area contributed by atoms with Crippen molar-refractivity contribution in [1.82, 2.24) is 5.32 Å². The van der Waals surface area contributed by atoms with Crippen LogP contribution in [0.4, 0.5) is 10.5 Å². The van der Waals surface area contributed by atoms with Gasteiger partial charge in [0.2, 0.25) is 0 Å². The van der Waals surface area contributed by atoms with Crippen molar-refractivity contribution in [3.63, 3.8) is 0 Å². The second kappa shape index (κ2) is 10.2. The molecule has 1 heterocycles. The fourth-order valence-electron chi connectivity index (χ4n) is 3.71. The SMILES string of the molecule is CNC(=O)Oc1ccc2cc(NC(=O)c3ccc(OC)c(-c4cccc(OC)c4)c3)c(=O)oc2c1C. The third kappa shape index (κ3) is 4.85. The molecule has 0 unspecified atom stereocenters. The maximum atomic E-state index is 13.1. The molecule has 0 saturated carbocycles. The van der Waals surface area contributed by atoms with E-state index in [1.807, 2.05) is 24.3 Å². The number of hydrogen-bond donors (Lipinski definition) is 2. The topological polar surface area (TPSA) is 116 Å². The maximum absolute atomic E-state index is 13.1. The van der Waals surface area contributed by atoms with E-state index in [0.717, 1.165) is 5.56 Å². The molecule has 0 saturated heterocycles. The van der Waals surface area contributed by atoms with Gasteiger partial charge in [0.1, 0.15) is 28.5 Å². The highest BCUT2D eigenvalue weighted by atomic mass is 16.6. The number of aryl methyl sites for hydroxylation is 1. The monoisotopic (exact) mass is 488 g/mol. The molecule has 1 aromatic heterocycles. The van der Waals surface area contributed by atoms with Gasteiger partial charge in [0.25, 0.3) is 5.91 Å². The Hall–Kier alpha value is -4.79. The fourth-order valence-corrected chi connectivity index (χ4v) is 3.71. The third-order valence-electron chi connectivity index (χ3n) is 5.60. The lowest BCUT2D eigenvalue weighted by molar-refractivity contribution is 0.102. The van der Waals surface area contributed by atoms with Crippen molar-refractivity contribution in [3.8, 4) is 28.4 Å². The predicted octanol–water partition coefficient (Wildman–Crippen LogP) is 4.76. The van der Waals surface area contributed by atoms with Gasteiger partial charge in [-0.05, 0) is 61.0 Å². The van der Waals surface area contributed by atoms with Gasteiger partial charge < -0.3 is 29.3 Å². The van der Waals surface area contributed by atoms with Crippen LogP contribution >= 0.6 is 0 Å². The minimum Gasteiger partial charge on any atom is -0.497 e. The van der Waals surface area contributed by atoms with Crippen molar-refractivity contribution in [2.45, 2.75) is 6.92 Å². The van der Waals surface area contributed by atoms with Gasteiger partial charge in [-0.25, -0.2) is 9.59 Å². The largest absolute Gasteiger partial charge is 0.497 e. The fraction of sp³-hybridized carbons (Fsp3) is 0.148. The highest BCUT2D eigenvalue weighted by Crippen LogP contribution is 2.33. The van der Waals surface area contributed by atoms with E-state index in [4.69, 9.17) is 18.6 Å². The number of anilines is 1. The molecule has 4 aromatic rings. The second-order valence-corrected chi connectivity index (χ2v) is 7.80. The predicted molar refractivity (Wildman–Crippen MR) is 135 cm³/mol. The first-order valence-corrected chi connectivity index (χ1v) is 11.0. The van der Waals surface area contributed by atoms with E-state index >= 15 is 0 Å². The molecule has 0 atom stereocenters. The second-order valence-electron chi connectivity index (χ2n) is 7.80. The first kappa shape index (κ1) is 24.3. The van der Waals surface area contributed by atoms with Crippen molar-refractivity contribution in [3.05, 3.63) is 82.2 Å². The highest BCUT2D eigenvalue weighted by molar-refractivity contribution is 6.05. The van der Waals surface area contributed by atoms with Gasteiger partial charge in [0.15, 0.2) is 0 Å². The minimum atomic E-state index is -0.738. The van der Waals surface area contributed by atoms with Crippen LogP contribution in [0.25, 0.3) is 22.1 Å². The molecule has 0 bridgehead atoms. The van der Waals surface area contributed by atoms with Gasteiger partial charge in [-0.2, -0.15) is 0 Å². The molecule has 36 heavy (non-hydrogen) atoms. The van der Waals surface area contributed by atoms with Crippen LogP contribution in [-0.2, 0) is 0 Å². The van der Waals surface area contributed by atoms with Crippen molar-refractivity contribution < 1.29 is 28.2 Å². The zero-order valence-corrected chi connectivity index (χ0v) is 20.1. The number of carbonyl (C=O) groups excluding carboxylic acids is 2. The Bertz CT molecular complexity index is 1520. The van der Waals surface area contributed by atoms with E-state index < -0.39 is 17.6 Å². The van der Waals surface area contributed by atoms with Gasteiger partial charge in [-0.15, -0.1) is 0 Å². The number of nitrogens with one attached hydrogen (secondary N) is 2. The summed E-state index contributed by atoms with van der Waals surface area (Å²) in [6.07, 6.45) is -0.642. The van der Waals surface area contributed by atoms with Crippen molar-refractivity contribution >= 4 is 28.7 Å². The van der Waals surface area contributed by atoms with E-state index in [9.17, 15) is 14.4 Å². The molecule has 2 N–H and O–H groups in total. The number of carbonyl (C=O) groups is 2. The summed E-state index contributed by atoms with van der Waals surface area (Å²) in [6.45, 7) is 1.67. The van der Waals surface area contributed by atoms with E-state index in [0.29, 0.717) is 33.6 Å². The molecule has 3 aromatic carbocycles. The summed E-state index contributed by atoms with van der Waals surface area (Å²) in [6, 6.07) is 17.1.